The second-order valence-corrected chi connectivity index (χ2v) is 4.35. The lowest BCUT2D eigenvalue weighted by molar-refractivity contribution is 0.478. The first kappa shape index (κ1) is 9.21. The molecule has 0 bridgehead atoms. The van der Waals surface area contributed by atoms with Crippen molar-refractivity contribution in [2.75, 3.05) is 0 Å². The van der Waals surface area contributed by atoms with Crippen LogP contribution in [0.3, 0.4) is 0 Å². The van der Waals surface area contributed by atoms with Gasteiger partial charge in [-0.25, -0.2) is 4.98 Å². The molecule has 2 rings (SSSR count). The molecular formula is C11H11NOS. The number of aryl methyl sites for hydroxylation is 2. The van der Waals surface area contributed by atoms with Gasteiger partial charge in [0.05, 0.1) is 0 Å². The van der Waals surface area contributed by atoms with Crippen molar-refractivity contribution in [3.05, 3.63) is 40.9 Å². The SMILES string of the molecule is Cc1ccc(Oc2ncc(C)s2)cc1. The van der Waals surface area contributed by atoms with E-state index in [2.05, 4.69) is 11.9 Å². The maximum Gasteiger partial charge on any atom is 0.278 e. The molecule has 72 valence electrons. The number of hydrogen-bond acceptors (Lipinski definition) is 3. The van der Waals surface area contributed by atoms with Crippen molar-refractivity contribution >= 4 is 11.3 Å². The molecule has 1 heterocycles. The zero-order valence-electron chi connectivity index (χ0n) is 8.15. The van der Waals surface area contributed by atoms with Crippen LogP contribution in [-0.4, -0.2) is 4.98 Å². The summed E-state index contributed by atoms with van der Waals surface area (Å²) in [6.07, 6.45) is 1.81. The van der Waals surface area contributed by atoms with Gasteiger partial charge in [-0.05, 0) is 26.0 Å². The maximum atomic E-state index is 5.56. The lowest BCUT2D eigenvalue weighted by Gasteiger charge is -2.00. The minimum absolute atomic E-state index is 0.700. The average molecular weight is 205 g/mol. The lowest BCUT2D eigenvalue weighted by atomic mass is 10.2. The third kappa shape index (κ3) is 2.12. The Labute approximate surface area is 87.2 Å². The molecule has 0 amide bonds. The fraction of sp³-hybridized carbons (Fsp3) is 0.182. The summed E-state index contributed by atoms with van der Waals surface area (Å²) in [6.45, 7) is 4.07. The summed E-state index contributed by atoms with van der Waals surface area (Å²) < 4.78 is 5.56. The van der Waals surface area contributed by atoms with Gasteiger partial charge < -0.3 is 4.74 Å². The zero-order chi connectivity index (χ0) is 9.97. The second-order valence-electron chi connectivity index (χ2n) is 3.15. The maximum absolute atomic E-state index is 5.56. The van der Waals surface area contributed by atoms with Gasteiger partial charge in [0.1, 0.15) is 5.75 Å². The van der Waals surface area contributed by atoms with Crippen LogP contribution < -0.4 is 4.74 Å². The van der Waals surface area contributed by atoms with E-state index in [1.807, 2.05) is 37.4 Å². The minimum Gasteiger partial charge on any atom is -0.431 e. The van der Waals surface area contributed by atoms with Crippen LogP contribution in [0.5, 0.6) is 10.9 Å². The lowest BCUT2D eigenvalue weighted by Crippen LogP contribution is -1.82. The molecule has 14 heavy (non-hydrogen) atoms. The summed E-state index contributed by atoms with van der Waals surface area (Å²) in [5.41, 5.74) is 1.23. The van der Waals surface area contributed by atoms with Crippen molar-refractivity contribution in [3.8, 4) is 10.9 Å². The Morgan fingerprint density at radius 2 is 1.86 bits per heavy atom. The monoisotopic (exact) mass is 205 g/mol. The first-order valence-electron chi connectivity index (χ1n) is 4.41. The van der Waals surface area contributed by atoms with Crippen LogP contribution in [0.4, 0.5) is 0 Å². The molecule has 0 radical (unpaired) electrons. The highest BCUT2D eigenvalue weighted by Crippen LogP contribution is 2.25. The zero-order valence-corrected chi connectivity index (χ0v) is 8.97. The van der Waals surface area contributed by atoms with E-state index in [1.54, 1.807) is 11.3 Å². The highest BCUT2D eigenvalue weighted by molar-refractivity contribution is 7.13. The summed E-state index contributed by atoms with van der Waals surface area (Å²) in [4.78, 5) is 5.29. The van der Waals surface area contributed by atoms with Gasteiger partial charge in [-0.2, -0.15) is 0 Å². The van der Waals surface area contributed by atoms with Crippen molar-refractivity contribution < 1.29 is 4.74 Å². The Morgan fingerprint density at radius 1 is 1.14 bits per heavy atom. The highest BCUT2D eigenvalue weighted by Gasteiger charge is 2.00. The molecule has 0 atom stereocenters. The largest absolute Gasteiger partial charge is 0.431 e. The van der Waals surface area contributed by atoms with E-state index < -0.39 is 0 Å². The van der Waals surface area contributed by atoms with Crippen LogP contribution in [0.2, 0.25) is 0 Å². The molecule has 0 unspecified atom stereocenters. The molecule has 0 N–H and O–H groups in total. The van der Waals surface area contributed by atoms with Gasteiger partial charge in [0.2, 0.25) is 0 Å². The van der Waals surface area contributed by atoms with Crippen molar-refractivity contribution in [1.82, 2.24) is 4.98 Å². The van der Waals surface area contributed by atoms with E-state index in [0.29, 0.717) is 5.19 Å². The molecule has 0 saturated heterocycles. The molecule has 2 nitrogen and oxygen atoms in total. The summed E-state index contributed by atoms with van der Waals surface area (Å²) >= 11 is 1.55. The predicted octanol–water partition coefficient (Wildman–Crippen LogP) is 3.55. The van der Waals surface area contributed by atoms with E-state index in [-0.39, 0.29) is 0 Å². The fourth-order valence-corrected chi connectivity index (χ4v) is 1.71. The van der Waals surface area contributed by atoms with E-state index in [0.717, 1.165) is 10.6 Å². The number of aromatic nitrogens is 1. The van der Waals surface area contributed by atoms with Crippen LogP contribution in [0.25, 0.3) is 0 Å². The van der Waals surface area contributed by atoms with Gasteiger partial charge in [-0.3, -0.25) is 0 Å². The quantitative estimate of drug-likeness (QED) is 0.748. The van der Waals surface area contributed by atoms with Crippen LogP contribution in [0.1, 0.15) is 10.4 Å². The molecule has 0 fully saturated rings. The first-order valence-corrected chi connectivity index (χ1v) is 5.22. The normalized spacial score (nSPS) is 10.1. The predicted molar refractivity (Wildman–Crippen MR) is 58.1 cm³/mol. The topological polar surface area (TPSA) is 22.1 Å². The second kappa shape index (κ2) is 3.80. The Balaban J connectivity index is 2.15. The van der Waals surface area contributed by atoms with Crippen LogP contribution >= 0.6 is 11.3 Å². The Hall–Kier alpha value is -1.35. The smallest absolute Gasteiger partial charge is 0.278 e. The van der Waals surface area contributed by atoms with Gasteiger partial charge in [0, 0.05) is 11.1 Å². The highest BCUT2D eigenvalue weighted by atomic mass is 32.1. The first-order chi connectivity index (χ1) is 6.74. The van der Waals surface area contributed by atoms with Gasteiger partial charge >= 0.3 is 0 Å². The van der Waals surface area contributed by atoms with Gasteiger partial charge in [0.25, 0.3) is 5.19 Å². The summed E-state index contributed by atoms with van der Waals surface area (Å²) in [7, 11) is 0. The van der Waals surface area contributed by atoms with Crippen molar-refractivity contribution in [2.24, 2.45) is 0 Å². The fourth-order valence-electron chi connectivity index (χ4n) is 1.09. The molecule has 1 aromatic carbocycles. The van der Waals surface area contributed by atoms with Crippen molar-refractivity contribution in [3.63, 3.8) is 0 Å². The number of hydrogen-bond donors (Lipinski definition) is 0. The molecular weight excluding hydrogens is 194 g/mol. The summed E-state index contributed by atoms with van der Waals surface area (Å²) in [5, 5.41) is 0.700. The summed E-state index contributed by atoms with van der Waals surface area (Å²) in [6, 6.07) is 7.95. The number of ether oxygens (including phenoxy) is 1. The number of nitrogens with zero attached hydrogens (tertiary/aromatic N) is 1. The summed E-state index contributed by atoms with van der Waals surface area (Å²) in [5.74, 6) is 0.838. The number of benzene rings is 1. The van der Waals surface area contributed by atoms with E-state index in [1.165, 1.54) is 5.56 Å². The molecule has 0 saturated carbocycles. The number of thiazole rings is 1. The Bertz CT molecular complexity index is 419. The van der Waals surface area contributed by atoms with E-state index in [9.17, 15) is 0 Å². The molecule has 1 aromatic heterocycles. The van der Waals surface area contributed by atoms with Gasteiger partial charge in [-0.1, -0.05) is 29.0 Å². The third-order valence-electron chi connectivity index (χ3n) is 1.83. The van der Waals surface area contributed by atoms with Gasteiger partial charge in [0.15, 0.2) is 0 Å². The Morgan fingerprint density at radius 3 is 2.43 bits per heavy atom. The van der Waals surface area contributed by atoms with Crippen molar-refractivity contribution in [2.45, 2.75) is 13.8 Å². The minimum atomic E-state index is 0.700. The standard InChI is InChI=1S/C11H11NOS/c1-8-3-5-10(6-4-8)13-11-12-7-9(2)14-11/h3-7H,1-2H3. The van der Waals surface area contributed by atoms with Crippen molar-refractivity contribution in [1.29, 1.82) is 0 Å². The molecule has 0 aliphatic rings. The molecule has 2 aromatic rings. The average Bonchev–Trinajstić information content (AvgIpc) is 2.56. The van der Waals surface area contributed by atoms with Crippen LogP contribution in [0, 0.1) is 13.8 Å². The molecule has 0 aliphatic carbocycles. The van der Waals surface area contributed by atoms with E-state index >= 15 is 0 Å². The van der Waals surface area contributed by atoms with Gasteiger partial charge in [-0.15, -0.1) is 0 Å². The van der Waals surface area contributed by atoms with Crippen LogP contribution in [-0.2, 0) is 0 Å². The number of rotatable bonds is 2. The Kier molecular flexibility index (Phi) is 2.50. The molecule has 0 aliphatic heterocycles. The van der Waals surface area contributed by atoms with E-state index in [4.69, 9.17) is 4.74 Å². The molecule has 0 spiro atoms. The van der Waals surface area contributed by atoms with Crippen LogP contribution in [0.15, 0.2) is 30.5 Å². The molecule has 3 heteroatoms. The third-order valence-corrected chi connectivity index (χ3v) is 2.62.